The molecular formula is C21H29FN6O4. The van der Waals surface area contributed by atoms with Crippen molar-refractivity contribution in [2.45, 2.75) is 44.8 Å². The Morgan fingerprint density at radius 1 is 1.25 bits per heavy atom. The van der Waals surface area contributed by atoms with Gasteiger partial charge in [0.05, 0.1) is 25.2 Å². The molecule has 4 rings (SSSR count). The van der Waals surface area contributed by atoms with Crippen molar-refractivity contribution in [2.24, 2.45) is 5.92 Å². The largest absolute Gasteiger partial charge is 0.450 e. The van der Waals surface area contributed by atoms with Gasteiger partial charge in [-0.25, -0.2) is 14.0 Å². The van der Waals surface area contributed by atoms with E-state index in [0.717, 1.165) is 17.7 Å². The maximum Gasteiger partial charge on any atom is 0.409 e. The Balaban J connectivity index is 1.29. The molecule has 0 saturated carbocycles. The maximum absolute atomic E-state index is 14.0. The number of fused-ring (bicyclic) bond motifs is 1. The van der Waals surface area contributed by atoms with E-state index in [1.165, 1.54) is 6.07 Å². The van der Waals surface area contributed by atoms with Crippen LogP contribution in [0.4, 0.5) is 14.0 Å². The van der Waals surface area contributed by atoms with E-state index in [1.54, 1.807) is 30.0 Å². The molecule has 32 heavy (non-hydrogen) atoms. The molecule has 0 aromatic heterocycles. The first-order chi connectivity index (χ1) is 15.5. The number of piperidine rings is 1. The molecule has 3 fully saturated rings. The quantitative estimate of drug-likeness (QED) is 0.519. The zero-order valence-electron chi connectivity index (χ0n) is 18.0. The molecule has 174 valence electrons. The second-order valence-corrected chi connectivity index (χ2v) is 8.18. The van der Waals surface area contributed by atoms with E-state index in [2.05, 4.69) is 21.3 Å². The number of nitrogens with one attached hydrogen (secondary N) is 4. The normalized spacial score (nSPS) is 26.5. The molecule has 1 aromatic carbocycles. The Hall–Kier alpha value is -2.76. The molecule has 4 N–H and O–H groups in total. The summed E-state index contributed by atoms with van der Waals surface area (Å²) >= 11 is 0. The van der Waals surface area contributed by atoms with Crippen molar-refractivity contribution in [2.75, 3.05) is 26.2 Å². The predicted molar refractivity (Wildman–Crippen MR) is 112 cm³/mol. The van der Waals surface area contributed by atoms with E-state index in [-0.39, 0.29) is 30.9 Å². The minimum Gasteiger partial charge on any atom is -0.450 e. The molecule has 11 heteroatoms. The van der Waals surface area contributed by atoms with Crippen LogP contribution in [-0.4, -0.2) is 72.6 Å². The number of hydrogen-bond acceptors (Lipinski definition) is 7. The highest BCUT2D eigenvalue weighted by Crippen LogP contribution is 2.20. The number of carbonyl (C=O) groups excluding carboxylic acids is 3. The van der Waals surface area contributed by atoms with Crippen molar-refractivity contribution in [1.82, 2.24) is 31.1 Å². The standard InChI is InChI=1S/C21H29FN6O4/c1-2-32-21(31)27-9-7-14(8-10-27)24-19-23-11-15-17(25-19)26-20(30)28(18(15)29)12-13-5-3-4-6-16(13)22/h3-6,14-15,17,19,23-25H,2,7-12H2,1H3,(H,26,30). The lowest BCUT2D eigenvalue weighted by molar-refractivity contribution is -0.137. The van der Waals surface area contributed by atoms with Crippen LogP contribution in [0, 0.1) is 11.7 Å². The van der Waals surface area contributed by atoms with Crippen LogP contribution < -0.4 is 21.3 Å². The highest BCUT2D eigenvalue weighted by atomic mass is 19.1. The van der Waals surface area contributed by atoms with E-state index in [0.29, 0.717) is 31.8 Å². The Bertz CT molecular complexity index is 862. The summed E-state index contributed by atoms with van der Waals surface area (Å²) in [6.07, 6.45) is 0.445. The van der Waals surface area contributed by atoms with E-state index in [9.17, 15) is 18.8 Å². The van der Waals surface area contributed by atoms with Gasteiger partial charge in [-0.1, -0.05) is 18.2 Å². The minimum atomic E-state index is -0.546. The molecule has 10 nitrogen and oxygen atoms in total. The monoisotopic (exact) mass is 448 g/mol. The fourth-order valence-corrected chi connectivity index (χ4v) is 4.33. The van der Waals surface area contributed by atoms with Crippen LogP contribution in [0.3, 0.4) is 0 Å². The highest BCUT2D eigenvalue weighted by Gasteiger charge is 2.44. The van der Waals surface area contributed by atoms with Crippen LogP contribution in [0.2, 0.25) is 0 Å². The summed E-state index contributed by atoms with van der Waals surface area (Å²) in [5.74, 6) is -1.29. The molecule has 3 heterocycles. The number of likely N-dealkylation sites (tertiary alicyclic amines) is 1. The van der Waals surface area contributed by atoms with Gasteiger partial charge in [-0.2, -0.15) is 0 Å². The Kier molecular flexibility index (Phi) is 6.87. The van der Waals surface area contributed by atoms with Gasteiger partial charge < -0.3 is 15.0 Å². The third-order valence-electron chi connectivity index (χ3n) is 6.11. The number of imide groups is 1. The van der Waals surface area contributed by atoms with Gasteiger partial charge in [0, 0.05) is 31.2 Å². The second kappa shape index (κ2) is 9.80. The minimum absolute atomic E-state index is 0.110. The van der Waals surface area contributed by atoms with E-state index >= 15 is 0 Å². The van der Waals surface area contributed by atoms with E-state index in [4.69, 9.17) is 4.74 Å². The molecule has 3 aliphatic rings. The van der Waals surface area contributed by atoms with Gasteiger partial charge in [0.15, 0.2) is 0 Å². The van der Waals surface area contributed by atoms with Gasteiger partial charge in [0.1, 0.15) is 12.1 Å². The van der Waals surface area contributed by atoms with Gasteiger partial charge in [0.2, 0.25) is 5.91 Å². The number of ether oxygens (including phenoxy) is 1. The van der Waals surface area contributed by atoms with Crippen LogP contribution in [0.15, 0.2) is 24.3 Å². The topological polar surface area (TPSA) is 115 Å². The summed E-state index contributed by atoms with van der Waals surface area (Å²) in [6.45, 7) is 3.61. The van der Waals surface area contributed by atoms with Crippen molar-refractivity contribution < 1.29 is 23.5 Å². The number of hydrogen-bond donors (Lipinski definition) is 4. The number of benzene rings is 1. The zero-order chi connectivity index (χ0) is 22.7. The van der Waals surface area contributed by atoms with Crippen molar-refractivity contribution in [3.8, 4) is 0 Å². The lowest BCUT2D eigenvalue weighted by Crippen LogP contribution is -2.75. The Labute approximate surface area is 185 Å². The predicted octanol–water partition coefficient (Wildman–Crippen LogP) is 0.507. The third kappa shape index (κ3) is 4.84. The SMILES string of the molecule is CCOC(=O)N1CCC(NC2NCC3C(=O)N(Cc4ccccc4F)C(=O)NC3N2)CC1. The molecule has 0 bridgehead atoms. The van der Waals surface area contributed by atoms with Crippen molar-refractivity contribution in [1.29, 1.82) is 0 Å². The molecule has 0 aliphatic carbocycles. The molecule has 1 aromatic rings. The summed E-state index contributed by atoms with van der Waals surface area (Å²) in [6, 6.07) is 5.74. The van der Waals surface area contributed by atoms with Crippen molar-refractivity contribution in [3.05, 3.63) is 35.6 Å². The Morgan fingerprint density at radius 2 is 2.00 bits per heavy atom. The van der Waals surface area contributed by atoms with Crippen LogP contribution >= 0.6 is 0 Å². The smallest absolute Gasteiger partial charge is 0.409 e. The number of amides is 4. The van der Waals surface area contributed by atoms with Crippen molar-refractivity contribution in [3.63, 3.8) is 0 Å². The first-order valence-electron chi connectivity index (χ1n) is 11.0. The lowest BCUT2D eigenvalue weighted by atomic mass is 9.98. The summed E-state index contributed by atoms with van der Waals surface area (Å²) in [5.41, 5.74) is 0.292. The molecule has 3 unspecified atom stereocenters. The van der Waals surface area contributed by atoms with Gasteiger partial charge >= 0.3 is 12.1 Å². The maximum atomic E-state index is 14.0. The van der Waals surface area contributed by atoms with E-state index < -0.39 is 23.9 Å². The summed E-state index contributed by atoms with van der Waals surface area (Å²) < 4.78 is 19.0. The van der Waals surface area contributed by atoms with Crippen LogP contribution in [0.25, 0.3) is 0 Å². The first-order valence-corrected chi connectivity index (χ1v) is 11.0. The van der Waals surface area contributed by atoms with Crippen molar-refractivity contribution >= 4 is 18.0 Å². The fraction of sp³-hybridized carbons (Fsp3) is 0.571. The average molecular weight is 448 g/mol. The number of nitrogens with zero attached hydrogens (tertiary/aromatic N) is 2. The number of carbonyl (C=O) groups is 3. The molecule has 3 aliphatic heterocycles. The zero-order valence-corrected chi connectivity index (χ0v) is 18.0. The van der Waals surface area contributed by atoms with Crippen LogP contribution in [0.5, 0.6) is 0 Å². The van der Waals surface area contributed by atoms with Gasteiger partial charge in [0.25, 0.3) is 0 Å². The molecule has 3 atom stereocenters. The average Bonchev–Trinajstić information content (AvgIpc) is 2.78. The first kappa shape index (κ1) is 22.4. The highest BCUT2D eigenvalue weighted by molar-refractivity contribution is 5.98. The second-order valence-electron chi connectivity index (χ2n) is 8.18. The summed E-state index contributed by atoms with van der Waals surface area (Å²) in [7, 11) is 0. The van der Waals surface area contributed by atoms with Gasteiger partial charge in [-0.05, 0) is 25.8 Å². The molecule has 0 spiro atoms. The summed E-state index contributed by atoms with van der Waals surface area (Å²) in [5, 5.41) is 12.8. The number of rotatable bonds is 5. The van der Waals surface area contributed by atoms with E-state index in [1.807, 2.05) is 0 Å². The van der Waals surface area contributed by atoms with Gasteiger partial charge in [-0.3, -0.25) is 25.6 Å². The Morgan fingerprint density at radius 3 is 2.72 bits per heavy atom. The fourth-order valence-electron chi connectivity index (χ4n) is 4.33. The van der Waals surface area contributed by atoms with Crippen LogP contribution in [0.1, 0.15) is 25.3 Å². The number of halogens is 1. The molecular weight excluding hydrogens is 419 g/mol. The van der Waals surface area contributed by atoms with Crippen LogP contribution in [-0.2, 0) is 16.1 Å². The third-order valence-corrected chi connectivity index (χ3v) is 6.11. The van der Waals surface area contributed by atoms with Gasteiger partial charge in [-0.15, -0.1) is 0 Å². The lowest BCUT2D eigenvalue weighted by Gasteiger charge is -2.44. The molecule has 4 amide bonds. The molecule has 0 radical (unpaired) electrons. The molecule has 3 saturated heterocycles. The summed E-state index contributed by atoms with van der Waals surface area (Å²) in [4.78, 5) is 40.1. The number of urea groups is 1.